The Morgan fingerprint density at radius 1 is 1.20 bits per heavy atom. The molecular weight excluding hydrogens is 280 g/mol. The summed E-state index contributed by atoms with van der Waals surface area (Å²) in [6.45, 7) is 2.21. The third-order valence-corrected chi connectivity index (χ3v) is 3.73. The van der Waals surface area contributed by atoms with E-state index in [0.717, 1.165) is 10.3 Å². The van der Waals surface area contributed by atoms with Crippen LogP contribution in [0, 0.1) is 0 Å². The molecule has 0 bridgehead atoms. The number of aromatic nitrogens is 4. The van der Waals surface area contributed by atoms with Gasteiger partial charge < -0.3 is 4.74 Å². The second-order valence-corrected chi connectivity index (χ2v) is 5.47. The van der Waals surface area contributed by atoms with Crippen LogP contribution in [0.15, 0.2) is 14.6 Å². The summed E-state index contributed by atoms with van der Waals surface area (Å²) in [5.74, 6) is 1.23. The Morgan fingerprint density at radius 3 is 2.50 bits per heavy atom. The van der Waals surface area contributed by atoms with Gasteiger partial charge in [0.15, 0.2) is 11.5 Å². The fraction of sp³-hybridized carbons (Fsp3) is 0.500. The minimum atomic E-state index is -0.406. The first-order chi connectivity index (χ1) is 9.51. The van der Waals surface area contributed by atoms with Gasteiger partial charge in [-0.1, -0.05) is 6.92 Å². The maximum Gasteiger partial charge on any atom is 0.332 e. The SMILES string of the molecule is CCSc1nc(COC)nc2c1c(=O)n(C)c(=O)n2C. The molecule has 0 aliphatic heterocycles. The summed E-state index contributed by atoms with van der Waals surface area (Å²) >= 11 is 1.45. The maximum absolute atomic E-state index is 12.3. The Morgan fingerprint density at radius 2 is 1.90 bits per heavy atom. The number of hydrogen-bond donors (Lipinski definition) is 0. The molecule has 2 aromatic heterocycles. The summed E-state index contributed by atoms with van der Waals surface area (Å²) in [5, 5.41) is 0.960. The highest BCUT2D eigenvalue weighted by atomic mass is 32.2. The molecule has 7 nitrogen and oxygen atoms in total. The van der Waals surface area contributed by atoms with Crippen LogP contribution in [0.5, 0.6) is 0 Å². The van der Waals surface area contributed by atoms with Crippen LogP contribution in [0.25, 0.3) is 11.0 Å². The van der Waals surface area contributed by atoms with Crippen molar-refractivity contribution in [3.05, 3.63) is 26.7 Å². The van der Waals surface area contributed by atoms with E-state index in [1.54, 1.807) is 14.2 Å². The molecule has 2 rings (SSSR count). The zero-order valence-electron chi connectivity index (χ0n) is 11.8. The minimum Gasteiger partial charge on any atom is -0.377 e. The molecule has 20 heavy (non-hydrogen) atoms. The molecule has 0 saturated carbocycles. The van der Waals surface area contributed by atoms with E-state index in [9.17, 15) is 9.59 Å². The van der Waals surface area contributed by atoms with Gasteiger partial charge in [0.05, 0.1) is 0 Å². The highest BCUT2D eigenvalue weighted by Crippen LogP contribution is 2.21. The lowest BCUT2D eigenvalue weighted by Gasteiger charge is -2.11. The van der Waals surface area contributed by atoms with Crippen molar-refractivity contribution in [1.29, 1.82) is 0 Å². The Hall–Kier alpha value is -1.67. The van der Waals surface area contributed by atoms with Gasteiger partial charge in [0, 0.05) is 21.2 Å². The highest BCUT2D eigenvalue weighted by Gasteiger charge is 2.16. The van der Waals surface area contributed by atoms with Crippen LogP contribution in [0.3, 0.4) is 0 Å². The second kappa shape index (κ2) is 5.76. The molecule has 2 aromatic rings. The first-order valence-electron chi connectivity index (χ1n) is 6.09. The average molecular weight is 296 g/mol. The maximum atomic E-state index is 12.3. The first-order valence-corrected chi connectivity index (χ1v) is 7.08. The summed E-state index contributed by atoms with van der Waals surface area (Å²) in [7, 11) is 4.59. The molecule has 108 valence electrons. The largest absolute Gasteiger partial charge is 0.377 e. The topological polar surface area (TPSA) is 79.0 Å². The Bertz CT molecular complexity index is 766. The van der Waals surface area contributed by atoms with Crippen molar-refractivity contribution in [2.75, 3.05) is 12.9 Å². The number of aryl methyl sites for hydroxylation is 1. The van der Waals surface area contributed by atoms with Gasteiger partial charge in [-0.2, -0.15) is 0 Å². The molecule has 0 aliphatic carbocycles. The summed E-state index contributed by atoms with van der Waals surface area (Å²) in [4.78, 5) is 32.9. The van der Waals surface area contributed by atoms with Gasteiger partial charge in [-0.05, 0) is 5.75 Å². The van der Waals surface area contributed by atoms with E-state index in [1.807, 2.05) is 6.92 Å². The third-order valence-electron chi connectivity index (χ3n) is 2.87. The average Bonchev–Trinajstić information content (AvgIpc) is 2.43. The van der Waals surface area contributed by atoms with Crippen molar-refractivity contribution in [3.63, 3.8) is 0 Å². The van der Waals surface area contributed by atoms with E-state index in [1.165, 1.54) is 23.4 Å². The Kier molecular flexibility index (Phi) is 4.24. The molecule has 2 heterocycles. The minimum absolute atomic E-state index is 0.233. The Labute approximate surface area is 119 Å². The van der Waals surface area contributed by atoms with Crippen LogP contribution in [0.1, 0.15) is 12.7 Å². The molecule has 0 aromatic carbocycles. The van der Waals surface area contributed by atoms with E-state index >= 15 is 0 Å². The molecule has 0 aliphatic rings. The van der Waals surface area contributed by atoms with Gasteiger partial charge in [0.25, 0.3) is 5.56 Å². The fourth-order valence-corrected chi connectivity index (χ4v) is 2.67. The van der Waals surface area contributed by atoms with Gasteiger partial charge in [-0.3, -0.25) is 13.9 Å². The van der Waals surface area contributed by atoms with Gasteiger partial charge in [-0.25, -0.2) is 14.8 Å². The van der Waals surface area contributed by atoms with Crippen molar-refractivity contribution in [2.24, 2.45) is 14.1 Å². The lowest BCUT2D eigenvalue weighted by atomic mass is 10.4. The number of fused-ring (bicyclic) bond motifs is 1. The second-order valence-electron chi connectivity index (χ2n) is 4.22. The quantitative estimate of drug-likeness (QED) is 0.596. The number of hydrogen-bond acceptors (Lipinski definition) is 6. The summed E-state index contributed by atoms with van der Waals surface area (Å²) in [6.07, 6.45) is 0. The highest BCUT2D eigenvalue weighted by molar-refractivity contribution is 7.99. The molecule has 0 atom stereocenters. The van der Waals surface area contributed by atoms with Gasteiger partial charge >= 0.3 is 5.69 Å². The molecule has 0 amide bonds. The zero-order valence-corrected chi connectivity index (χ0v) is 12.7. The van der Waals surface area contributed by atoms with Crippen molar-refractivity contribution >= 4 is 22.8 Å². The Balaban J connectivity index is 2.93. The number of methoxy groups -OCH3 is 1. The molecule has 0 fully saturated rings. The van der Waals surface area contributed by atoms with Crippen LogP contribution in [0.2, 0.25) is 0 Å². The van der Waals surface area contributed by atoms with Crippen molar-refractivity contribution < 1.29 is 4.74 Å². The third kappa shape index (κ3) is 2.36. The van der Waals surface area contributed by atoms with Crippen LogP contribution >= 0.6 is 11.8 Å². The lowest BCUT2D eigenvalue weighted by molar-refractivity contribution is 0.177. The van der Waals surface area contributed by atoms with E-state index in [2.05, 4.69) is 9.97 Å². The lowest BCUT2D eigenvalue weighted by Crippen LogP contribution is -2.37. The molecule has 8 heteroatoms. The summed E-state index contributed by atoms with van der Waals surface area (Å²) < 4.78 is 7.46. The first kappa shape index (κ1) is 14.7. The zero-order chi connectivity index (χ0) is 14.9. The smallest absolute Gasteiger partial charge is 0.332 e. The van der Waals surface area contributed by atoms with E-state index < -0.39 is 5.69 Å². The molecular formula is C12H16N4O3S. The van der Waals surface area contributed by atoms with Crippen LogP contribution < -0.4 is 11.2 Å². The van der Waals surface area contributed by atoms with Crippen molar-refractivity contribution in [2.45, 2.75) is 18.6 Å². The van der Waals surface area contributed by atoms with Gasteiger partial charge in [0.1, 0.15) is 17.0 Å². The number of thioether (sulfide) groups is 1. The normalized spacial score (nSPS) is 11.2. The fourth-order valence-electron chi connectivity index (χ4n) is 1.91. The standard InChI is InChI=1S/C12H16N4O3S/c1-5-20-10-8-9(13-7(14-10)6-19-4)15(2)12(18)16(3)11(8)17/h5-6H2,1-4H3. The number of rotatable bonds is 4. The van der Waals surface area contributed by atoms with E-state index in [4.69, 9.17) is 4.74 Å². The number of nitrogens with zero attached hydrogens (tertiary/aromatic N) is 4. The predicted molar refractivity (Wildman–Crippen MR) is 77.1 cm³/mol. The molecule has 0 spiro atoms. The van der Waals surface area contributed by atoms with Gasteiger partial charge in [0.2, 0.25) is 0 Å². The van der Waals surface area contributed by atoms with Crippen molar-refractivity contribution in [1.82, 2.24) is 19.1 Å². The van der Waals surface area contributed by atoms with Crippen molar-refractivity contribution in [3.8, 4) is 0 Å². The molecule has 0 saturated heterocycles. The van der Waals surface area contributed by atoms with Crippen LogP contribution in [-0.2, 0) is 25.4 Å². The molecule has 0 radical (unpaired) electrons. The van der Waals surface area contributed by atoms with Gasteiger partial charge in [-0.15, -0.1) is 11.8 Å². The van der Waals surface area contributed by atoms with Crippen LogP contribution in [0.4, 0.5) is 0 Å². The van der Waals surface area contributed by atoms with E-state index in [0.29, 0.717) is 21.9 Å². The van der Waals surface area contributed by atoms with Crippen LogP contribution in [-0.4, -0.2) is 32.0 Å². The van der Waals surface area contributed by atoms with E-state index in [-0.39, 0.29) is 12.2 Å². The monoisotopic (exact) mass is 296 g/mol. The summed E-state index contributed by atoms with van der Waals surface area (Å²) in [6, 6.07) is 0. The summed E-state index contributed by atoms with van der Waals surface area (Å²) in [5.41, 5.74) is -0.434. The molecule has 0 N–H and O–H groups in total. The number of ether oxygens (including phenoxy) is 1. The predicted octanol–water partition coefficient (Wildman–Crippen LogP) is 0.286. The molecule has 0 unspecified atom stereocenters.